The molecule has 5 heteroatoms. The van der Waals surface area contributed by atoms with Crippen molar-refractivity contribution in [1.82, 2.24) is 0 Å². The predicted octanol–water partition coefficient (Wildman–Crippen LogP) is 5.35. The van der Waals surface area contributed by atoms with Gasteiger partial charge >= 0.3 is 0 Å². The molecule has 1 saturated carbocycles. The van der Waals surface area contributed by atoms with E-state index < -0.39 is 0 Å². The summed E-state index contributed by atoms with van der Waals surface area (Å²) in [5, 5.41) is 0. The first-order valence-electron chi connectivity index (χ1n) is 10.9. The first kappa shape index (κ1) is 20.7. The summed E-state index contributed by atoms with van der Waals surface area (Å²) in [7, 11) is 0. The third-order valence-electron chi connectivity index (χ3n) is 5.94. The first-order valence-corrected chi connectivity index (χ1v) is 10.9. The van der Waals surface area contributed by atoms with Crippen LogP contribution >= 0.6 is 0 Å². The van der Waals surface area contributed by atoms with Crippen molar-refractivity contribution in [3.63, 3.8) is 0 Å². The second-order valence-corrected chi connectivity index (χ2v) is 8.72. The molecule has 1 unspecified atom stereocenters. The third-order valence-corrected chi connectivity index (χ3v) is 5.94. The van der Waals surface area contributed by atoms with Gasteiger partial charge < -0.3 is 19.2 Å². The van der Waals surface area contributed by atoms with E-state index in [0.717, 1.165) is 36.5 Å². The molecular weight excluding hydrogens is 381 g/mol. The van der Waals surface area contributed by atoms with Gasteiger partial charge in [-0.3, -0.25) is 0 Å². The lowest BCUT2D eigenvalue weighted by Gasteiger charge is -2.20. The molecule has 0 radical (unpaired) electrons. The lowest BCUT2D eigenvalue weighted by atomic mass is 9.96. The van der Waals surface area contributed by atoms with Crippen LogP contribution < -0.4 is 14.4 Å². The van der Waals surface area contributed by atoms with Gasteiger partial charge in [0, 0.05) is 31.1 Å². The fourth-order valence-electron chi connectivity index (χ4n) is 3.97. The van der Waals surface area contributed by atoms with Crippen molar-refractivity contribution in [2.45, 2.75) is 51.6 Å². The summed E-state index contributed by atoms with van der Waals surface area (Å²) >= 11 is 0. The number of Topliss-reactive ketones (excluding diaryl/α,β-unsaturated/α-hetero) is 1. The Morgan fingerprint density at radius 3 is 2.60 bits per heavy atom. The van der Waals surface area contributed by atoms with E-state index in [9.17, 15) is 9.18 Å². The van der Waals surface area contributed by atoms with Crippen LogP contribution in [0.3, 0.4) is 0 Å². The Kier molecular flexibility index (Phi) is 6.26. The van der Waals surface area contributed by atoms with Gasteiger partial charge in [0.1, 0.15) is 17.6 Å². The monoisotopic (exact) mass is 411 g/mol. The number of anilines is 1. The van der Waals surface area contributed by atoms with Gasteiger partial charge in [-0.1, -0.05) is 19.1 Å². The molecule has 1 aliphatic heterocycles. The summed E-state index contributed by atoms with van der Waals surface area (Å²) in [6, 6.07) is 13.2. The van der Waals surface area contributed by atoms with Crippen LogP contribution in [0.5, 0.6) is 11.5 Å². The van der Waals surface area contributed by atoms with Crippen LogP contribution in [0.1, 0.15) is 51.0 Å². The summed E-state index contributed by atoms with van der Waals surface area (Å²) < 4.78 is 26.1. The molecule has 2 aliphatic rings. The van der Waals surface area contributed by atoms with E-state index in [-0.39, 0.29) is 23.6 Å². The fourth-order valence-corrected chi connectivity index (χ4v) is 3.97. The number of carbonyl (C=O) groups excluding carboxylic acids is 1. The summed E-state index contributed by atoms with van der Waals surface area (Å²) in [6.45, 7) is 5.86. The molecule has 0 bridgehead atoms. The molecule has 0 spiro atoms. The first-order chi connectivity index (χ1) is 14.5. The minimum Gasteiger partial charge on any atom is -0.490 e. The summed E-state index contributed by atoms with van der Waals surface area (Å²) in [4.78, 5) is 13.5. The zero-order valence-corrected chi connectivity index (χ0v) is 17.8. The van der Waals surface area contributed by atoms with Crippen LogP contribution in [0, 0.1) is 11.7 Å². The molecule has 2 fully saturated rings. The van der Waals surface area contributed by atoms with E-state index in [0.29, 0.717) is 24.7 Å². The molecule has 30 heavy (non-hydrogen) atoms. The van der Waals surface area contributed by atoms with Gasteiger partial charge in [-0.2, -0.15) is 0 Å². The average Bonchev–Trinajstić information content (AvgIpc) is 3.43. The number of nitrogens with zero attached hydrogens (tertiary/aromatic N) is 1. The van der Waals surface area contributed by atoms with Crippen LogP contribution in [0.2, 0.25) is 0 Å². The van der Waals surface area contributed by atoms with Crippen LogP contribution in [-0.4, -0.2) is 31.6 Å². The quantitative estimate of drug-likeness (QED) is 0.557. The van der Waals surface area contributed by atoms with Crippen molar-refractivity contribution in [3.05, 3.63) is 53.8 Å². The Labute approximate surface area is 178 Å². The van der Waals surface area contributed by atoms with Crippen molar-refractivity contribution in [3.8, 4) is 11.5 Å². The minimum absolute atomic E-state index is 0.0688. The summed E-state index contributed by atoms with van der Waals surface area (Å²) in [5.74, 6) is 1.89. The van der Waals surface area contributed by atoms with E-state index in [4.69, 9.17) is 9.47 Å². The molecule has 4 rings (SSSR count). The zero-order valence-electron chi connectivity index (χ0n) is 17.8. The number of ether oxygens (including phenoxy) is 2. The maximum atomic E-state index is 14.4. The standard InChI is InChI=1S/C25H30FNO3/c1-17(13-18(2)28)20-5-8-22(9-6-20)30-23-11-12-27(15-23)21-7-10-25(24(26)14-21)29-16-19-3-4-19/h5-10,14,17,19,23H,3-4,11-13,15-16H2,1-2H3/t17-,23?/m1/s1. The average molecular weight is 412 g/mol. The maximum absolute atomic E-state index is 14.4. The number of halogens is 1. The van der Waals surface area contributed by atoms with Crippen LogP contribution in [0.15, 0.2) is 42.5 Å². The zero-order chi connectivity index (χ0) is 21.1. The Morgan fingerprint density at radius 2 is 1.93 bits per heavy atom. The van der Waals surface area contributed by atoms with Gasteiger partial charge in [-0.25, -0.2) is 4.39 Å². The van der Waals surface area contributed by atoms with Crippen molar-refractivity contribution >= 4 is 11.5 Å². The molecule has 2 aromatic carbocycles. The number of benzene rings is 2. The smallest absolute Gasteiger partial charge is 0.167 e. The molecule has 1 heterocycles. The second kappa shape index (κ2) is 9.07. The van der Waals surface area contributed by atoms with Gasteiger partial charge in [0.05, 0.1) is 13.2 Å². The molecule has 1 aliphatic carbocycles. The molecule has 0 amide bonds. The highest BCUT2D eigenvalue weighted by Gasteiger charge is 2.26. The molecule has 160 valence electrons. The highest BCUT2D eigenvalue weighted by Crippen LogP contribution is 2.32. The molecule has 0 aromatic heterocycles. The lowest BCUT2D eigenvalue weighted by Crippen LogP contribution is -2.24. The molecule has 0 N–H and O–H groups in total. The summed E-state index contributed by atoms with van der Waals surface area (Å²) in [5.41, 5.74) is 2.01. The van der Waals surface area contributed by atoms with E-state index >= 15 is 0 Å². The van der Waals surface area contributed by atoms with Crippen molar-refractivity contribution in [1.29, 1.82) is 0 Å². The van der Waals surface area contributed by atoms with Crippen LogP contribution in [0.4, 0.5) is 10.1 Å². The van der Waals surface area contributed by atoms with E-state index in [2.05, 4.69) is 11.8 Å². The van der Waals surface area contributed by atoms with Gasteiger partial charge in [-0.15, -0.1) is 0 Å². The minimum atomic E-state index is -0.298. The number of hydrogen-bond donors (Lipinski definition) is 0. The number of ketones is 1. The van der Waals surface area contributed by atoms with Crippen LogP contribution in [-0.2, 0) is 4.79 Å². The van der Waals surface area contributed by atoms with Crippen LogP contribution in [0.25, 0.3) is 0 Å². The highest BCUT2D eigenvalue weighted by molar-refractivity contribution is 5.76. The Balaban J connectivity index is 1.31. The largest absolute Gasteiger partial charge is 0.490 e. The molecule has 2 atom stereocenters. The molecule has 4 nitrogen and oxygen atoms in total. The maximum Gasteiger partial charge on any atom is 0.167 e. The third kappa shape index (κ3) is 5.32. The van der Waals surface area contributed by atoms with E-state index in [1.54, 1.807) is 19.1 Å². The fraction of sp³-hybridized carbons (Fsp3) is 0.480. The molecule has 2 aromatic rings. The predicted molar refractivity (Wildman–Crippen MR) is 116 cm³/mol. The topological polar surface area (TPSA) is 38.8 Å². The Bertz CT molecular complexity index is 878. The van der Waals surface area contributed by atoms with Crippen molar-refractivity contribution in [2.75, 3.05) is 24.6 Å². The van der Waals surface area contributed by atoms with Gasteiger partial charge in [0.15, 0.2) is 11.6 Å². The van der Waals surface area contributed by atoms with Gasteiger partial charge in [0.25, 0.3) is 0 Å². The van der Waals surface area contributed by atoms with E-state index in [1.807, 2.05) is 30.3 Å². The molecular formula is C25H30FNO3. The van der Waals surface area contributed by atoms with Gasteiger partial charge in [0.2, 0.25) is 0 Å². The number of carbonyl (C=O) groups is 1. The number of rotatable bonds is 9. The van der Waals surface area contributed by atoms with Crippen molar-refractivity contribution in [2.24, 2.45) is 5.92 Å². The van der Waals surface area contributed by atoms with E-state index in [1.165, 1.54) is 12.8 Å². The summed E-state index contributed by atoms with van der Waals surface area (Å²) in [6.07, 6.45) is 3.90. The molecule has 1 saturated heterocycles. The highest BCUT2D eigenvalue weighted by atomic mass is 19.1. The second-order valence-electron chi connectivity index (χ2n) is 8.72. The van der Waals surface area contributed by atoms with Crippen molar-refractivity contribution < 1.29 is 18.7 Å². The Hall–Kier alpha value is -2.56. The number of hydrogen-bond acceptors (Lipinski definition) is 4. The lowest BCUT2D eigenvalue weighted by molar-refractivity contribution is -0.117. The normalized spacial score (nSPS) is 19.6. The SMILES string of the molecule is CC(=O)C[C@@H](C)c1ccc(OC2CCN(c3ccc(OCC4CC4)c(F)c3)C2)cc1. The van der Waals surface area contributed by atoms with Gasteiger partial charge in [-0.05, 0) is 61.4 Å². The Morgan fingerprint density at radius 1 is 1.17 bits per heavy atom.